The summed E-state index contributed by atoms with van der Waals surface area (Å²) >= 11 is 0. The molecule has 0 spiro atoms. The van der Waals surface area contributed by atoms with Gasteiger partial charge >= 0.3 is 0 Å². The Labute approximate surface area is 125 Å². The molecule has 0 aliphatic rings. The lowest BCUT2D eigenvalue weighted by Crippen LogP contribution is -2.13. The van der Waals surface area contributed by atoms with Gasteiger partial charge in [0.15, 0.2) is 0 Å². The van der Waals surface area contributed by atoms with Crippen LogP contribution in [0.5, 0.6) is 0 Å². The minimum Gasteiger partial charge on any atom is -0.397 e. The molecule has 5 heteroatoms. The molecule has 2 aromatic carbocycles. The summed E-state index contributed by atoms with van der Waals surface area (Å²) in [6.45, 7) is 1.97. The number of nitrogen functional groups attached to an aromatic ring is 1. The van der Waals surface area contributed by atoms with Crippen LogP contribution in [0, 0.1) is 6.92 Å². The van der Waals surface area contributed by atoms with E-state index < -0.39 is 0 Å². The first kappa shape index (κ1) is 12.6. The molecule has 0 bridgehead atoms. The number of anilines is 1. The largest absolute Gasteiger partial charge is 0.397 e. The van der Waals surface area contributed by atoms with Gasteiger partial charge in [-0.15, -0.1) is 0 Å². The minimum absolute atomic E-state index is 0.241. The number of pyridine rings is 1. The highest BCUT2D eigenvalue weighted by Crippen LogP contribution is 2.28. The summed E-state index contributed by atoms with van der Waals surface area (Å²) in [5.41, 5.74) is 10.3. The number of H-pyrrole nitrogens is 2. The molecular weight excluding hydrogens is 276 g/mol. The Kier molecular flexibility index (Phi) is 2.56. The summed E-state index contributed by atoms with van der Waals surface area (Å²) in [7, 11) is 0. The summed E-state index contributed by atoms with van der Waals surface area (Å²) in [5, 5.41) is 0.820. The maximum Gasteiger partial charge on any atom is 0.261 e. The molecule has 0 fully saturated rings. The molecule has 0 aliphatic heterocycles. The highest BCUT2D eigenvalue weighted by atomic mass is 16.1. The van der Waals surface area contributed by atoms with Crippen LogP contribution in [0.1, 0.15) is 5.56 Å². The lowest BCUT2D eigenvalue weighted by Gasteiger charge is -2.07. The average molecular weight is 290 g/mol. The lowest BCUT2D eigenvalue weighted by atomic mass is 10.1. The van der Waals surface area contributed by atoms with Crippen LogP contribution in [-0.2, 0) is 0 Å². The van der Waals surface area contributed by atoms with E-state index in [1.165, 1.54) is 0 Å². The molecule has 4 aromatic rings. The Hall–Kier alpha value is -3.08. The van der Waals surface area contributed by atoms with Gasteiger partial charge in [-0.2, -0.15) is 0 Å². The molecule has 0 unspecified atom stereocenters. The molecule has 108 valence electrons. The number of imidazole rings is 1. The predicted octanol–water partition coefficient (Wildman–Crippen LogP) is 2.96. The molecule has 5 nitrogen and oxygen atoms in total. The van der Waals surface area contributed by atoms with E-state index in [1.54, 1.807) is 0 Å². The highest BCUT2D eigenvalue weighted by Gasteiger charge is 2.15. The van der Waals surface area contributed by atoms with Gasteiger partial charge in [-0.25, -0.2) is 4.98 Å². The fourth-order valence-electron chi connectivity index (χ4n) is 2.74. The molecule has 4 N–H and O–H groups in total. The number of aromatic amines is 2. The smallest absolute Gasteiger partial charge is 0.261 e. The third kappa shape index (κ3) is 1.79. The molecule has 2 aromatic heterocycles. The van der Waals surface area contributed by atoms with E-state index in [4.69, 9.17) is 5.73 Å². The van der Waals surface area contributed by atoms with Crippen LogP contribution in [0.15, 0.2) is 47.3 Å². The van der Waals surface area contributed by atoms with Gasteiger partial charge in [0.2, 0.25) is 0 Å². The molecule has 0 amide bonds. The van der Waals surface area contributed by atoms with Gasteiger partial charge in [0.1, 0.15) is 11.4 Å². The number of nitrogens with two attached hydrogens (primary N) is 1. The summed E-state index contributed by atoms with van der Waals surface area (Å²) in [4.78, 5) is 23.0. The van der Waals surface area contributed by atoms with Gasteiger partial charge in [0.25, 0.3) is 5.56 Å². The Morgan fingerprint density at radius 1 is 1.05 bits per heavy atom. The molecular formula is C17H14N4O. The number of rotatable bonds is 1. The number of nitrogens with zero attached hydrogens (tertiary/aromatic N) is 1. The zero-order valence-electron chi connectivity index (χ0n) is 12.0. The second-order valence-corrected chi connectivity index (χ2v) is 5.39. The average Bonchev–Trinajstić information content (AvgIpc) is 2.90. The number of para-hydroxylation sites is 2. The fourth-order valence-corrected chi connectivity index (χ4v) is 2.74. The summed E-state index contributed by atoms with van der Waals surface area (Å²) in [5.74, 6) is 0.488. The Balaban J connectivity index is 2.06. The van der Waals surface area contributed by atoms with E-state index in [0.717, 1.165) is 27.5 Å². The van der Waals surface area contributed by atoms with Crippen molar-refractivity contribution >= 4 is 27.6 Å². The topological polar surface area (TPSA) is 87.6 Å². The Morgan fingerprint density at radius 2 is 1.86 bits per heavy atom. The number of hydrogen-bond acceptors (Lipinski definition) is 3. The first-order valence-corrected chi connectivity index (χ1v) is 7.01. The quantitative estimate of drug-likeness (QED) is 0.503. The van der Waals surface area contributed by atoms with Gasteiger partial charge < -0.3 is 15.7 Å². The van der Waals surface area contributed by atoms with E-state index in [9.17, 15) is 4.79 Å². The normalized spacial score (nSPS) is 11.3. The van der Waals surface area contributed by atoms with Crippen LogP contribution < -0.4 is 11.3 Å². The van der Waals surface area contributed by atoms with Gasteiger partial charge in [0.05, 0.1) is 22.2 Å². The number of nitrogens with one attached hydrogen (secondary N) is 2. The first-order chi connectivity index (χ1) is 10.6. The number of hydrogen-bond donors (Lipinski definition) is 3. The van der Waals surface area contributed by atoms with Crippen LogP contribution in [0.3, 0.4) is 0 Å². The molecule has 0 radical (unpaired) electrons. The van der Waals surface area contributed by atoms with E-state index in [-0.39, 0.29) is 5.56 Å². The number of aromatic nitrogens is 3. The van der Waals surface area contributed by atoms with Crippen molar-refractivity contribution in [1.29, 1.82) is 0 Å². The van der Waals surface area contributed by atoms with Crippen LogP contribution in [-0.4, -0.2) is 15.0 Å². The molecule has 22 heavy (non-hydrogen) atoms. The van der Waals surface area contributed by atoms with Crippen molar-refractivity contribution in [1.82, 2.24) is 15.0 Å². The molecule has 0 saturated heterocycles. The van der Waals surface area contributed by atoms with Gasteiger partial charge in [-0.05, 0) is 30.7 Å². The van der Waals surface area contributed by atoms with Gasteiger partial charge in [-0.3, -0.25) is 4.79 Å². The standard InChI is InChI=1S/C17H14N4O/c1-9-6-7-10-13(8-9)21-17(22)14(15(10)18)16-19-11-4-2-3-5-12(11)20-16/h2-8H,1H3,(H,19,20)(H3,18,21,22). The first-order valence-electron chi connectivity index (χ1n) is 7.01. The third-order valence-corrected chi connectivity index (χ3v) is 3.84. The second kappa shape index (κ2) is 4.46. The summed E-state index contributed by atoms with van der Waals surface area (Å²) in [6.07, 6.45) is 0. The van der Waals surface area contributed by atoms with Crippen molar-refractivity contribution < 1.29 is 0 Å². The van der Waals surface area contributed by atoms with Crippen LogP contribution in [0.2, 0.25) is 0 Å². The van der Waals surface area contributed by atoms with E-state index in [0.29, 0.717) is 17.1 Å². The summed E-state index contributed by atoms with van der Waals surface area (Å²) < 4.78 is 0. The summed E-state index contributed by atoms with van der Waals surface area (Å²) in [6, 6.07) is 13.4. The van der Waals surface area contributed by atoms with E-state index in [1.807, 2.05) is 49.4 Å². The zero-order chi connectivity index (χ0) is 15.3. The number of benzene rings is 2. The molecule has 0 atom stereocenters. The SMILES string of the molecule is Cc1ccc2c(N)c(-c3nc4ccccc4[nH]3)c(=O)[nH]c2c1. The number of aryl methyl sites for hydroxylation is 1. The lowest BCUT2D eigenvalue weighted by molar-refractivity contribution is 1.25. The van der Waals surface area contributed by atoms with Gasteiger partial charge in [0, 0.05) is 5.39 Å². The fraction of sp³-hybridized carbons (Fsp3) is 0.0588. The van der Waals surface area contributed by atoms with Crippen LogP contribution >= 0.6 is 0 Å². The predicted molar refractivity (Wildman–Crippen MR) is 88.8 cm³/mol. The molecule has 4 rings (SSSR count). The van der Waals surface area contributed by atoms with Crippen LogP contribution in [0.25, 0.3) is 33.3 Å². The van der Waals surface area contributed by atoms with Crippen molar-refractivity contribution in [2.75, 3.05) is 5.73 Å². The maximum absolute atomic E-state index is 12.4. The van der Waals surface area contributed by atoms with Crippen LogP contribution in [0.4, 0.5) is 5.69 Å². The van der Waals surface area contributed by atoms with Crippen molar-refractivity contribution in [2.24, 2.45) is 0 Å². The van der Waals surface area contributed by atoms with Crippen molar-refractivity contribution in [3.8, 4) is 11.4 Å². The maximum atomic E-state index is 12.4. The third-order valence-electron chi connectivity index (χ3n) is 3.84. The van der Waals surface area contributed by atoms with E-state index in [2.05, 4.69) is 15.0 Å². The monoisotopic (exact) mass is 290 g/mol. The Bertz CT molecular complexity index is 1040. The highest BCUT2D eigenvalue weighted by molar-refractivity contribution is 5.98. The second-order valence-electron chi connectivity index (χ2n) is 5.39. The minimum atomic E-state index is -0.241. The number of fused-ring (bicyclic) bond motifs is 2. The molecule has 0 saturated carbocycles. The van der Waals surface area contributed by atoms with Crippen molar-refractivity contribution in [3.63, 3.8) is 0 Å². The molecule has 0 aliphatic carbocycles. The van der Waals surface area contributed by atoms with Crippen molar-refractivity contribution in [3.05, 3.63) is 58.4 Å². The van der Waals surface area contributed by atoms with Gasteiger partial charge in [-0.1, -0.05) is 24.3 Å². The van der Waals surface area contributed by atoms with E-state index >= 15 is 0 Å². The molecule has 2 heterocycles. The zero-order valence-corrected chi connectivity index (χ0v) is 12.0. The Morgan fingerprint density at radius 3 is 2.68 bits per heavy atom. The van der Waals surface area contributed by atoms with Crippen molar-refractivity contribution in [2.45, 2.75) is 6.92 Å².